The first-order valence-corrected chi connectivity index (χ1v) is 12.5. The Morgan fingerprint density at radius 3 is 2.60 bits per heavy atom. The van der Waals surface area contributed by atoms with Gasteiger partial charge in [-0.25, -0.2) is 18.7 Å². The van der Waals surface area contributed by atoms with Crippen molar-refractivity contribution < 1.29 is 26.7 Å². The van der Waals surface area contributed by atoms with E-state index in [0.717, 1.165) is 31.3 Å². The number of benzene rings is 1. The average Bonchev–Trinajstić information content (AvgIpc) is 3.43. The summed E-state index contributed by atoms with van der Waals surface area (Å²) in [6.07, 6.45) is 0.355. The fourth-order valence-corrected chi connectivity index (χ4v) is 4.49. The monoisotopic (exact) mass is 605 g/mol. The predicted molar refractivity (Wildman–Crippen MR) is 150 cm³/mol. The highest BCUT2D eigenvalue weighted by Gasteiger charge is 2.31. The van der Waals surface area contributed by atoms with Gasteiger partial charge in [0.05, 0.1) is 35.7 Å². The van der Waals surface area contributed by atoms with Crippen LogP contribution in [0.25, 0.3) is 11.3 Å². The molecule has 0 unspecified atom stereocenters. The number of hydrogen-bond donors (Lipinski definition) is 2. The molecule has 1 aliphatic rings. The third-order valence-corrected chi connectivity index (χ3v) is 6.40. The fourth-order valence-electron chi connectivity index (χ4n) is 4.49. The van der Waals surface area contributed by atoms with E-state index >= 15 is 0 Å². The predicted octanol–water partition coefficient (Wildman–Crippen LogP) is 5.60. The van der Waals surface area contributed by atoms with Crippen molar-refractivity contribution in [1.82, 2.24) is 19.7 Å². The van der Waals surface area contributed by atoms with Gasteiger partial charge in [-0.1, -0.05) is 17.9 Å². The minimum atomic E-state index is -4.64. The first-order valence-electron chi connectivity index (χ1n) is 12.5. The van der Waals surface area contributed by atoms with Gasteiger partial charge in [-0.2, -0.15) is 9.78 Å². The van der Waals surface area contributed by atoms with Gasteiger partial charge in [0, 0.05) is 37.6 Å². The maximum atomic E-state index is 14.7. The van der Waals surface area contributed by atoms with Gasteiger partial charge in [-0.15, -0.1) is 25.6 Å². The number of nitrogens with zero attached hydrogens (tertiary/aromatic N) is 5. The molecule has 4 heterocycles. The van der Waals surface area contributed by atoms with Crippen LogP contribution < -0.4 is 20.7 Å². The van der Waals surface area contributed by atoms with Gasteiger partial charge in [0.2, 0.25) is 0 Å². The molecular formula is C28H25ClF5N7O. The molecule has 1 fully saturated rings. The fraction of sp³-hybridized carbons (Fsp3) is 0.250. The number of aromatic nitrogens is 4. The lowest BCUT2D eigenvalue weighted by atomic mass is 10.0. The van der Waals surface area contributed by atoms with Crippen LogP contribution in [0.4, 0.5) is 39.3 Å². The number of alkyl halides is 3. The van der Waals surface area contributed by atoms with Gasteiger partial charge in [0.1, 0.15) is 34.7 Å². The Balaban J connectivity index is 0.00000405. The maximum absolute atomic E-state index is 14.7. The number of nitrogens with two attached hydrogens (primary N) is 1. The molecule has 3 N–H and O–H groups in total. The lowest BCUT2D eigenvalue weighted by Gasteiger charge is -2.33. The molecule has 0 saturated carbocycles. The number of anilines is 3. The zero-order valence-electron chi connectivity index (χ0n) is 22.1. The van der Waals surface area contributed by atoms with Gasteiger partial charge in [-0.3, -0.25) is 0 Å². The minimum Gasteiger partial charge on any atom is -0.496 e. The highest BCUT2D eigenvalue weighted by Crippen LogP contribution is 2.34. The molecule has 0 aliphatic carbocycles. The first kappa shape index (κ1) is 30.5. The van der Waals surface area contributed by atoms with Crippen LogP contribution in [-0.4, -0.2) is 46.0 Å². The van der Waals surface area contributed by atoms with E-state index in [4.69, 9.17) is 10.5 Å². The van der Waals surface area contributed by atoms with Crippen molar-refractivity contribution in [3.8, 4) is 28.8 Å². The maximum Gasteiger partial charge on any atom is 0.504 e. The second kappa shape index (κ2) is 12.6. The number of nitrogens with one attached hydrogen (secondary N) is 1. The molecule has 220 valence electrons. The molecule has 1 saturated heterocycles. The number of ether oxygens (including phenoxy) is 1. The summed E-state index contributed by atoms with van der Waals surface area (Å²) in [6, 6.07) is 8.31. The number of halogens is 6. The van der Waals surface area contributed by atoms with Crippen molar-refractivity contribution in [2.75, 3.05) is 30.4 Å². The van der Waals surface area contributed by atoms with E-state index in [0.29, 0.717) is 30.2 Å². The lowest BCUT2D eigenvalue weighted by Crippen LogP contribution is -2.43. The van der Waals surface area contributed by atoms with Gasteiger partial charge >= 0.3 is 6.30 Å². The smallest absolute Gasteiger partial charge is 0.496 e. The molecule has 0 bridgehead atoms. The molecule has 3 aromatic heterocycles. The Morgan fingerprint density at radius 1 is 1.07 bits per heavy atom. The standard InChI is InChI=1S/C28H24F5N7O.ClH/c1-41-23-6-2-5-20(29)26(23)27-21(30)9-10-24(38-27)37-25-12-22(39-11-3-4-19(34)16-39)18(14-35-25)8-7-17-13-36-40(15-17)28(31,32)33;/h2,5-6,9-10,12-15,19H,3-4,11,16,34H2,1H3,(H,35,37,38);1H/t19-;/m0./s1. The SMILES string of the molecule is COc1cccc(F)c1-c1nc(Nc2cc(N3CCC[C@H](N)C3)c(C#Cc3cnn(C(F)(F)F)c3)cn2)ccc1F.Cl. The van der Waals surface area contributed by atoms with Crippen molar-refractivity contribution in [3.63, 3.8) is 0 Å². The van der Waals surface area contributed by atoms with Crippen LogP contribution in [0.3, 0.4) is 0 Å². The van der Waals surface area contributed by atoms with Gasteiger partial charge < -0.3 is 20.7 Å². The van der Waals surface area contributed by atoms with E-state index in [9.17, 15) is 22.0 Å². The highest BCUT2D eigenvalue weighted by atomic mass is 35.5. The summed E-state index contributed by atoms with van der Waals surface area (Å²) in [5, 5.41) is 6.32. The van der Waals surface area contributed by atoms with Gasteiger partial charge in [0.25, 0.3) is 0 Å². The molecule has 5 rings (SSSR count). The molecule has 14 heteroatoms. The summed E-state index contributed by atoms with van der Waals surface area (Å²) >= 11 is 0. The molecule has 4 aromatic rings. The second-order valence-electron chi connectivity index (χ2n) is 9.30. The van der Waals surface area contributed by atoms with Crippen LogP contribution in [0.1, 0.15) is 24.0 Å². The van der Waals surface area contributed by atoms with Crippen LogP contribution in [0.2, 0.25) is 0 Å². The van der Waals surface area contributed by atoms with Crippen LogP contribution in [0, 0.1) is 23.5 Å². The normalized spacial score (nSPS) is 14.9. The number of piperidine rings is 1. The summed E-state index contributed by atoms with van der Waals surface area (Å²) in [7, 11) is 1.35. The van der Waals surface area contributed by atoms with E-state index in [1.165, 1.54) is 37.6 Å². The lowest BCUT2D eigenvalue weighted by molar-refractivity contribution is -0.212. The third kappa shape index (κ3) is 6.72. The Hall–Kier alpha value is -4.41. The minimum absolute atomic E-state index is 0. The Morgan fingerprint density at radius 2 is 1.88 bits per heavy atom. The molecule has 0 amide bonds. The highest BCUT2D eigenvalue weighted by molar-refractivity contribution is 5.85. The van der Waals surface area contributed by atoms with Gasteiger partial charge in [-0.05, 0) is 37.1 Å². The zero-order chi connectivity index (χ0) is 29.1. The molecule has 0 spiro atoms. The molecule has 1 aromatic carbocycles. The van der Waals surface area contributed by atoms with E-state index < -0.39 is 17.9 Å². The van der Waals surface area contributed by atoms with E-state index in [-0.39, 0.29) is 51.5 Å². The summed E-state index contributed by atoms with van der Waals surface area (Å²) in [5.41, 5.74) is 7.04. The number of rotatable bonds is 5. The average molecular weight is 606 g/mol. The van der Waals surface area contributed by atoms with E-state index in [1.807, 2.05) is 4.90 Å². The second-order valence-corrected chi connectivity index (χ2v) is 9.30. The summed E-state index contributed by atoms with van der Waals surface area (Å²) in [6.45, 7) is 1.22. The van der Waals surface area contributed by atoms with Crippen molar-refractivity contribution in [2.24, 2.45) is 5.73 Å². The first-order chi connectivity index (χ1) is 19.6. The van der Waals surface area contributed by atoms with Crippen molar-refractivity contribution in [2.45, 2.75) is 25.2 Å². The van der Waals surface area contributed by atoms with Crippen molar-refractivity contribution in [1.29, 1.82) is 0 Å². The summed E-state index contributed by atoms with van der Waals surface area (Å²) < 4.78 is 73.2. The summed E-state index contributed by atoms with van der Waals surface area (Å²) in [5.74, 6) is 4.81. The van der Waals surface area contributed by atoms with E-state index in [2.05, 4.69) is 32.2 Å². The topological polar surface area (TPSA) is 94.1 Å². The molecule has 8 nitrogen and oxygen atoms in total. The Kier molecular flexibility index (Phi) is 9.18. The van der Waals surface area contributed by atoms with E-state index in [1.54, 1.807) is 6.07 Å². The number of pyridine rings is 2. The Labute approximate surface area is 244 Å². The Bertz CT molecular complexity index is 1630. The van der Waals surface area contributed by atoms with Crippen molar-refractivity contribution >= 4 is 29.7 Å². The van der Waals surface area contributed by atoms with Crippen LogP contribution in [-0.2, 0) is 6.30 Å². The molecular weight excluding hydrogens is 581 g/mol. The third-order valence-electron chi connectivity index (χ3n) is 6.40. The zero-order valence-corrected chi connectivity index (χ0v) is 22.9. The van der Waals surface area contributed by atoms with Gasteiger partial charge in [0.15, 0.2) is 0 Å². The van der Waals surface area contributed by atoms with Crippen LogP contribution >= 0.6 is 12.4 Å². The number of methoxy groups -OCH3 is 1. The summed E-state index contributed by atoms with van der Waals surface area (Å²) in [4.78, 5) is 10.7. The van der Waals surface area contributed by atoms with Crippen LogP contribution in [0.15, 0.2) is 55.0 Å². The number of hydrogen-bond acceptors (Lipinski definition) is 7. The molecule has 0 radical (unpaired) electrons. The molecule has 1 aliphatic heterocycles. The largest absolute Gasteiger partial charge is 0.504 e. The van der Waals surface area contributed by atoms with Crippen molar-refractivity contribution in [3.05, 3.63) is 77.8 Å². The molecule has 42 heavy (non-hydrogen) atoms. The van der Waals surface area contributed by atoms with Crippen LogP contribution in [0.5, 0.6) is 5.75 Å². The quantitative estimate of drug-likeness (QED) is 0.226. The molecule has 1 atom stereocenters.